The summed E-state index contributed by atoms with van der Waals surface area (Å²) >= 11 is 4.83. The number of amides is 1. The van der Waals surface area contributed by atoms with Gasteiger partial charge in [-0.2, -0.15) is 5.10 Å². The fourth-order valence-electron chi connectivity index (χ4n) is 2.82. The molecular weight excluding hydrogens is 426 g/mol. The Hall–Kier alpha value is -2.71. The van der Waals surface area contributed by atoms with Gasteiger partial charge in [-0.25, -0.2) is 9.67 Å². The molecule has 0 aliphatic rings. The molecule has 6 nitrogen and oxygen atoms in total. The van der Waals surface area contributed by atoms with Gasteiger partial charge in [-0.05, 0) is 42.8 Å². The third kappa shape index (κ3) is 3.58. The van der Waals surface area contributed by atoms with Gasteiger partial charge >= 0.3 is 0 Å². The van der Waals surface area contributed by atoms with E-state index in [0.29, 0.717) is 17.1 Å². The van der Waals surface area contributed by atoms with E-state index in [4.69, 9.17) is 0 Å². The van der Waals surface area contributed by atoms with E-state index in [1.807, 2.05) is 54.9 Å². The first-order valence-corrected chi connectivity index (χ1v) is 10.1. The lowest BCUT2D eigenvalue weighted by atomic mass is 10.2. The summed E-state index contributed by atoms with van der Waals surface area (Å²) in [4.78, 5) is 20.4. The van der Waals surface area contributed by atoms with Gasteiger partial charge in [0.2, 0.25) is 0 Å². The highest BCUT2D eigenvalue weighted by atomic mass is 79.9. The Morgan fingerprint density at radius 1 is 1.30 bits per heavy atom. The van der Waals surface area contributed by atoms with Crippen molar-refractivity contribution in [2.24, 2.45) is 0 Å². The number of carbonyl (C=O) groups is 1. The monoisotopic (exact) mass is 441 g/mol. The minimum Gasteiger partial charge on any atom is -0.360 e. The van der Waals surface area contributed by atoms with Gasteiger partial charge in [0.05, 0.1) is 34.5 Å². The Balaban J connectivity index is 1.58. The second-order valence-corrected chi connectivity index (χ2v) is 7.60. The predicted octanol–water partition coefficient (Wildman–Crippen LogP) is 4.90. The third-order valence-electron chi connectivity index (χ3n) is 4.12. The number of anilines is 1. The van der Waals surface area contributed by atoms with Crippen LogP contribution in [0.1, 0.15) is 23.0 Å². The normalized spacial score (nSPS) is 10.9. The largest absolute Gasteiger partial charge is 0.360 e. The summed E-state index contributed by atoms with van der Waals surface area (Å²) in [7, 11) is 0. The van der Waals surface area contributed by atoms with Crippen LogP contribution in [0.5, 0.6) is 0 Å². The molecule has 2 N–H and O–H groups in total. The number of rotatable bonds is 5. The average Bonchev–Trinajstić information content (AvgIpc) is 3.42. The van der Waals surface area contributed by atoms with Gasteiger partial charge in [0.1, 0.15) is 0 Å². The molecule has 8 heteroatoms. The lowest BCUT2D eigenvalue weighted by Crippen LogP contribution is -2.14. The van der Waals surface area contributed by atoms with Crippen LogP contribution in [0.3, 0.4) is 0 Å². The first-order valence-electron chi connectivity index (χ1n) is 8.39. The maximum absolute atomic E-state index is 12.8. The van der Waals surface area contributed by atoms with Crippen LogP contribution in [0.25, 0.3) is 17.1 Å². The zero-order chi connectivity index (χ0) is 18.8. The number of carbonyl (C=O) groups excluding carboxylic acids is 1. The highest BCUT2D eigenvalue weighted by molar-refractivity contribution is 9.10. The summed E-state index contributed by atoms with van der Waals surface area (Å²) in [5.41, 5.74) is 4.05. The zero-order valence-electron chi connectivity index (χ0n) is 14.4. The molecule has 0 saturated carbocycles. The van der Waals surface area contributed by atoms with Crippen molar-refractivity contribution in [3.63, 3.8) is 0 Å². The van der Waals surface area contributed by atoms with Crippen LogP contribution in [0.4, 0.5) is 5.13 Å². The van der Waals surface area contributed by atoms with Gasteiger partial charge in [-0.3, -0.25) is 10.1 Å². The van der Waals surface area contributed by atoms with Gasteiger partial charge in [0.25, 0.3) is 5.91 Å². The third-order valence-corrected chi connectivity index (χ3v) is 5.40. The van der Waals surface area contributed by atoms with Crippen molar-refractivity contribution in [1.82, 2.24) is 19.7 Å². The Morgan fingerprint density at radius 3 is 2.81 bits per heavy atom. The van der Waals surface area contributed by atoms with Gasteiger partial charge in [0.15, 0.2) is 5.13 Å². The Labute approximate surface area is 168 Å². The standard InChI is InChI=1S/C19H16BrN5OS/c1-2-17-14(10-22-25(17)13-7-5-12(20)6-8-13)18(26)24-19-23-16(11-27-19)15-4-3-9-21-15/h3-11,21H,2H2,1H3,(H,23,24,26). The van der Waals surface area contributed by atoms with E-state index >= 15 is 0 Å². The summed E-state index contributed by atoms with van der Waals surface area (Å²) < 4.78 is 2.80. The number of nitrogens with one attached hydrogen (secondary N) is 2. The topological polar surface area (TPSA) is 75.6 Å². The minimum absolute atomic E-state index is 0.206. The first-order chi connectivity index (χ1) is 13.2. The summed E-state index contributed by atoms with van der Waals surface area (Å²) in [6, 6.07) is 11.7. The number of nitrogens with zero attached hydrogens (tertiary/aromatic N) is 3. The Kier molecular flexibility index (Phi) is 4.91. The lowest BCUT2D eigenvalue weighted by Gasteiger charge is -2.08. The molecule has 0 fully saturated rings. The molecule has 0 saturated heterocycles. The molecule has 136 valence electrons. The van der Waals surface area contributed by atoms with Crippen molar-refractivity contribution in [1.29, 1.82) is 0 Å². The van der Waals surface area contributed by atoms with Crippen molar-refractivity contribution >= 4 is 38.3 Å². The molecule has 0 atom stereocenters. The molecule has 4 rings (SSSR count). The van der Waals surface area contributed by atoms with Crippen molar-refractivity contribution in [2.75, 3.05) is 5.32 Å². The second kappa shape index (κ2) is 7.50. The highest BCUT2D eigenvalue weighted by Crippen LogP contribution is 2.25. The fourth-order valence-corrected chi connectivity index (χ4v) is 3.79. The molecular formula is C19H16BrN5OS. The van der Waals surface area contributed by atoms with Gasteiger partial charge in [-0.1, -0.05) is 22.9 Å². The van der Waals surface area contributed by atoms with Crippen LogP contribution in [0.15, 0.2) is 58.6 Å². The zero-order valence-corrected chi connectivity index (χ0v) is 16.8. The number of aromatic nitrogens is 4. The number of H-pyrrole nitrogens is 1. The van der Waals surface area contributed by atoms with Crippen LogP contribution in [0, 0.1) is 0 Å². The Morgan fingerprint density at radius 2 is 2.11 bits per heavy atom. The molecule has 0 unspecified atom stereocenters. The maximum Gasteiger partial charge on any atom is 0.260 e. The molecule has 0 bridgehead atoms. The molecule has 1 aromatic carbocycles. The molecule has 0 radical (unpaired) electrons. The van der Waals surface area contributed by atoms with E-state index in [2.05, 4.69) is 36.3 Å². The molecule has 0 aliphatic heterocycles. The SMILES string of the molecule is CCc1c(C(=O)Nc2nc(-c3ccc[nH]3)cs2)cnn1-c1ccc(Br)cc1. The quantitative estimate of drug-likeness (QED) is 0.462. The van der Waals surface area contributed by atoms with E-state index in [1.54, 1.807) is 10.9 Å². The van der Waals surface area contributed by atoms with Crippen molar-refractivity contribution in [3.05, 3.63) is 69.9 Å². The molecule has 4 aromatic rings. The van der Waals surface area contributed by atoms with E-state index in [-0.39, 0.29) is 5.91 Å². The van der Waals surface area contributed by atoms with Gasteiger partial charge in [-0.15, -0.1) is 11.3 Å². The number of hydrogen-bond donors (Lipinski definition) is 2. The van der Waals surface area contributed by atoms with E-state index in [1.165, 1.54) is 11.3 Å². The predicted molar refractivity (Wildman–Crippen MR) is 110 cm³/mol. The molecule has 3 heterocycles. The van der Waals surface area contributed by atoms with E-state index in [9.17, 15) is 4.79 Å². The van der Waals surface area contributed by atoms with E-state index in [0.717, 1.165) is 27.2 Å². The molecule has 0 spiro atoms. The van der Waals surface area contributed by atoms with Crippen molar-refractivity contribution < 1.29 is 4.79 Å². The van der Waals surface area contributed by atoms with Crippen LogP contribution < -0.4 is 5.32 Å². The lowest BCUT2D eigenvalue weighted by molar-refractivity contribution is 0.102. The number of thiazole rings is 1. The van der Waals surface area contributed by atoms with Gasteiger partial charge < -0.3 is 4.98 Å². The molecule has 1 amide bonds. The summed E-state index contributed by atoms with van der Waals surface area (Å²) in [5.74, 6) is -0.206. The van der Waals surface area contributed by atoms with Crippen LogP contribution in [-0.2, 0) is 6.42 Å². The first kappa shape index (κ1) is 17.7. The van der Waals surface area contributed by atoms with Crippen LogP contribution >= 0.6 is 27.3 Å². The molecule has 0 aliphatic carbocycles. The number of hydrogen-bond acceptors (Lipinski definition) is 4. The van der Waals surface area contributed by atoms with E-state index < -0.39 is 0 Å². The van der Waals surface area contributed by atoms with Crippen LogP contribution in [-0.4, -0.2) is 25.7 Å². The summed E-state index contributed by atoms with van der Waals surface area (Å²) in [6.07, 6.45) is 4.14. The van der Waals surface area contributed by atoms with Crippen molar-refractivity contribution in [2.45, 2.75) is 13.3 Å². The highest BCUT2D eigenvalue weighted by Gasteiger charge is 2.18. The number of benzene rings is 1. The average molecular weight is 442 g/mol. The molecule has 27 heavy (non-hydrogen) atoms. The minimum atomic E-state index is -0.206. The van der Waals surface area contributed by atoms with Crippen LogP contribution in [0.2, 0.25) is 0 Å². The smallest absolute Gasteiger partial charge is 0.260 e. The summed E-state index contributed by atoms with van der Waals surface area (Å²) in [6.45, 7) is 2.01. The second-order valence-electron chi connectivity index (χ2n) is 5.82. The Bertz CT molecular complexity index is 1070. The summed E-state index contributed by atoms with van der Waals surface area (Å²) in [5, 5.41) is 9.77. The molecule has 3 aromatic heterocycles. The maximum atomic E-state index is 12.8. The number of halogens is 1. The number of aromatic amines is 1. The van der Waals surface area contributed by atoms with Crippen molar-refractivity contribution in [3.8, 4) is 17.1 Å². The van der Waals surface area contributed by atoms with Gasteiger partial charge in [0, 0.05) is 16.0 Å². The fraction of sp³-hybridized carbons (Fsp3) is 0.105.